The SMILES string of the molecule is CCCCCCCCCC(=O)N[C@@H](C)C(=O)OC(CC)C(N)=O. The highest BCUT2D eigenvalue weighted by Gasteiger charge is 2.23. The maximum absolute atomic E-state index is 11.8. The molecule has 0 aromatic heterocycles. The molecule has 0 radical (unpaired) electrons. The maximum atomic E-state index is 11.8. The van der Waals surface area contributed by atoms with Crippen molar-refractivity contribution in [2.75, 3.05) is 0 Å². The van der Waals surface area contributed by atoms with E-state index in [9.17, 15) is 14.4 Å². The first-order valence-electron chi connectivity index (χ1n) is 8.71. The van der Waals surface area contributed by atoms with Crippen molar-refractivity contribution < 1.29 is 19.1 Å². The minimum Gasteiger partial charge on any atom is -0.451 e. The molecule has 0 aliphatic rings. The van der Waals surface area contributed by atoms with Crippen molar-refractivity contribution in [1.82, 2.24) is 5.32 Å². The molecule has 0 heterocycles. The number of esters is 1. The quantitative estimate of drug-likeness (QED) is 0.401. The van der Waals surface area contributed by atoms with E-state index in [2.05, 4.69) is 12.2 Å². The second-order valence-corrected chi connectivity index (χ2v) is 5.90. The van der Waals surface area contributed by atoms with Gasteiger partial charge < -0.3 is 15.8 Å². The van der Waals surface area contributed by atoms with Crippen LogP contribution in [0.15, 0.2) is 0 Å². The molecular weight excluding hydrogens is 296 g/mol. The van der Waals surface area contributed by atoms with Crippen LogP contribution in [0.1, 0.15) is 78.6 Å². The van der Waals surface area contributed by atoms with E-state index in [-0.39, 0.29) is 5.91 Å². The molecule has 0 rings (SSSR count). The van der Waals surface area contributed by atoms with Crippen molar-refractivity contribution in [3.05, 3.63) is 0 Å². The zero-order chi connectivity index (χ0) is 17.7. The third kappa shape index (κ3) is 10.7. The van der Waals surface area contributed by atoms with Crippen LogP contribution in [0.4, 0.5) is 0 Å². The Morgan fingerprint density at radius 3 is 2.09 bits per heavy atom. The van der Waals surface area contributed by atoms with Crippen LogP contribution in [0.5, 0.6) is 0 Å². The number of hydrogen-bond donors (Lipinski definition) is 2. The predicted molar refractivity (Wildman–Crippen MR) is 89.6 cm³/mol. The van der Waals surface area contributed by atoms with Gasteiger partial charge in [-0.25, -0.2) is 4.79 Å². The van der Waals surface area contributed by atoms with Gasteiger partial charge in [-0.2, -0.15) is 0 Å². The Kier molecular flexibility index (Phi) is 12.0. The lowest BCUT2D eigenvalue weighted by Gasteiger charge is -2.17. The van der Waals surface area contributed by atoms with Gasteiger partial charge >= 0.3 is 5.97 Å². The minimum atomic E-state index is -0.940. The molecule has 0 aromatic carbocycles. The first-order chi connectivity index (χ1) is 10.9. The monoisotopic (exact) mass is 328 g/mol. The number of ether oxygens (including phenoxy) is 1. The molecule has 6 heteroatoms. The number of primary amides is 1. The van der Waals surface area contributed by atoms with E-state index >= 15 is 0 Å². The van der Waals surface area contributed by atoms with Gasteiger partial charge in [0.15, 0.2) is 6.10 Å². The van der Waals surface area contributed by atoms with E-state index in [1.54, 1.807) is 13.8 Å². The van der Waals surface area contributed by atoms with Crippen LogP contribution in [-0.2, 0) is 19.1 Å². The van der Waals surface area contributed by atoms with Crippen LogP contribution in [0.3, 0.4) is 0 Å². The number of carbonyl (C=O) groups is 3. The number of nitrogens with two attached hydrogens (primary N) is 1. The summed E-state index contributed by atoms with van der Waals surface area (Å²) in [6.07, 6.45) is 7.72. The fourth-order valence-electron chi connectivity index (χ4n) is 2.20. The number of rotatable bonds is 13. The van der Waals surface area contributed by atoms with Crippen LogP contribution < -0.4 is 11.1 Å². The Bertz CT molecular complexity index is 372. The van der Waals surface area contributed by atoms with Gasteiger partial charge in [-0.05, 0) is 19.8 Å². The lowest BCUT2D eigenvalue weighted by molar-refractivity contribution is -0.157. The first kappa shape index (κ1) is 21.4. The molecule has 3 N–H and O–H groups in total. The van der Waals surface area contributed by atoms with Crippen LogP contribution in [0, 0.1) is 0 Å². The Morgan fingerprint density at radius 1 is 1.00 bits per heavy atom. The third-order valence-corrected chi connectivity index (χ3v) is 3.68. The molecule has 23 heavy (non-hydrogen) atoms. The van der Waals surface area contributed by atoms with E-state index in [1.165, 1.54) is 25.7 Å². The highest BCUT2D eigenvalue weighted by atomic mass is 16.5. The summed E-state index contributed by atoms with van der Waals surface area (Å²) >= 11 is 0. The molecule has 1 unspecified atom stereocenters. The Labute approximate surface area is 139 Å². The normalized spacial score (nSPS) is 13.2. The lowest BCUT2D eigenvalue weighted by atomic mass is 10.1. The van der Waals surface area contributed by atoms with Crippen molar-refractivity contribution in [2.24, 2.45) is 5.73 Å². The summed E-state index contributed by atoms with van der Waals surface area (Å²) in [4.78, 5) is 34.6. The second-order valence-electron chi connectivity index (χ2n) is 5.90. The summed E-state index contributed by atoms with van der Waals surface area (Å²) in [5, 5.41) is 2.59. The Morgan fingerprint density at radius 2 is 1.57 bits per heavy atom. The van der Waals surface area contributed by atoms with E-state index in [0.29, 0.717) is 12.8 Å². The number of hydrogen-bond acceptors (Lipinski definition) is 4. The third-order valence-electron chi connectivity index (χ3n) is 3.68. The molecule has 0 aromatic rings. The molecule has 6 nitrogen and oxygen atoms in total. The number of carbonyl (C=O) groups excluding carboxylic acids is 3. The van der Waals surface area contributed by atoms with Crippen molar-refractivity contribution in [2.45, 2.75) is 90.7 Å². The molecule has 0 saturated heterocycles. The fraction of sp³-hybridized carbons (Fsp3) is 0.824. The average molecular weight is 328 g/mol. The standard InChI is InChI=1S/C17H32N2O4/c1-4-6-7-8-9-10-11-12-15(20)19-13(3)17(22)23-14(5-2)16(18)21/h13-14H,4-12H2,1-3H3,(H2,18,21)(H,19,20)/t13-,14?/m0/s1. The molecule has 0 bridgehead atoms. The van der Waals surface area contributed by atoms with E-state index in [1.807, 2.05) is 0 Å². The second kappa shape index (κ2) is 12.9. The van der Waals surface area contributed by atoms with Crippen molar-refractivity contribution >= 4 is 17.8 Å². The van der Waals surface area contributed by atoms with Crippen molar-refractivity contribution in [3.8, 4) is 0 Å². The Hall–Kier alpha value is -1.59. The van der Waals surface area contributed by atoms with E-state index in [4.69, 9.17) is 10.5 Å². The van der Waals surface area contributed by atoms with Gasteiger partial charge in [-0.1, -0.05) is 52.4 Å². The van der Waals surface area contributed by atoms with Crippen LogP contribution in [0.2, 0.25) is 0 Å². The summed E-state index contributed by atoms with van der Waals surface area (Å²) in [6, 6.07) is -0.777. The largest absolute Gasteiger partial charge is 0.451 e. The van der Waals surface area contributed by atoms with Crippen LogP contribution in [-0.4, -0.2) is 29.9 Å². The molecule has 0 fully saturated rings. The van der Waals surface area contributed by atoms with Gasteiger partial charge in [-0.15, -0.1) is 0 Å². The molecule has 0 saturated carbocycles. The maximum Gasteiger partial charge on any atom is 0.329 e. The molecule has 2 atom stereocenters. The van der Waals surface area contributed by atoms with Crippen molar-refractivity contribution in [3.63, 3.8) is 0 Å². The molecule has 2 amide bonds. The summed E-state index contributed by atoms with van der Waals surface area (Å²) in [5.74, 6) is -1.49. The number of unbranched alkanes of at least 4 members (excludes halogenated alkanes) is 6. The zero-order valence-electron chi connectivity index (χ0n) is 14.7. The smallest absolute Gasteiger partial charge is 0.329 e. The van der Waals surface area contributed by atoms with Crippen LogP contribution in [0.25, 0.3) is 0 Å². The van der Waals surface area contributed by atoms with E-state index in [0.717, 1.165) is 19.3 Å². The zero-order valence-corrected chi connectivity index (χ0v) is 14.7. The molecule has 0 aliphatic carbocycles. The van der Waals surface area contributed by atoms with Gasteiger partial charge in [0.25, 0.3) is 5.91 Å². The summed E-state index contributed by atoms with van der Waals surface area (Å²) in [6.45, 7) is 5.42. The summed E-state index contributed by atoms with van der Waals surface area (Å²) in [5.41, 5.74) is 5.12. The topological polar surface area (TPSA) is 98.5 Å². The molecular formula is C17H32N2O4. The molecule has 134 valence electrons. The summed E-state index contributed by atoms with van der Waals surface area (Å²) < 4.78 is 4.98. The van der Waals surface area contributed by atoms with Crippen molar-refractivity contribution in [1.29, 1.82) is 0 Å². The minimum absolute atomic E-state index is 0.171. The van der Waals surface area contributed by atoms with Crippen LogP contribution >= 0.6 is 0 Å². The van der Waals surface area contributed by atoms with Gasteiger partial charge in [-0.3, -0.25) is 9.59 Å². The highest BCUT2D eigenvalue weighted by molar-refractivity contribution is 5.86. The predicted octanol–water partition coefficient (Wildman–Crippen LogP) is 2.44. The number of nitrogens with one attached hydrogen (secondary N) is 1. The van der Waals surface area contributed by atoms with Gasteiger partial charge in [0.2, 0.25) is 5.91 Å². The molecule has 0 aliphatic heterocycles. The highest BCUT2D eigenvalue weighted by Crippen LogP contribution is 2.08. The Balaban J connectivity index is 3.87. The van der Waals surface area contributed by atoms with Gasteiger partial charge in [0, 0.05) is 6.42 Å². The summed E-state index contributed by atoms with van der Waals surface area (Å²) in [7, 11) is 0. The van der Waals surface area contributed by atoms with Gasteiger partial charge in [0.1, 0.15) is 6.04 Å². The number of amides is 2. The first-order valence-corrected chi connectivity index (χ1v) is 8.71. The average Bonchev–Trinajstić information content (AvgIpc) is 2.50. The fourth-order valence-corrected chi connectivity index (χ4v) is 2.20. The lowest BCUT2D eigenvalue weighted by Crippen LogP contribution is -2.43. The molecule has 0 spiro atoms. The van der Waals surface area contributed by atoms with Gasteiger partial charge in [0.05, 0.1) is 0 Å². The van der Waals surface area contributed by atoms with E-state index < -0.39 is 24.0 Å².